The van der Waals surface area contributed by atoms with Crippen LogP contribution in [0.1, 0.15) is 25.8 Å². The highest BCUT2D eigenvalue weighted by atomic mass is 35.5. The molecule has 0 aliphatic carbocycles. The molecule has 0 bridgehead atoms. The van der Waals surface area contributed by atoms with Crippen LogP contribution in [-0.2, 0) is 11.2 Å². The van der Waals surface area contributed by atoms with E-state index in [-0.39, 0.29) is 6.10 Å². The van der Waals surface area contributed by atoms with Gasteiger partial charge in [0.05, 0.1) is 6.10 Å². The second-order valence-electron chi connectivity index (χ2n) is 4.37. The van der Waals surface area contributed by atoms with Gasteiger partial charge in [-0.2, -0.15) is 0 Å². The maximum Gasteiger partial charge on any atom is 0.0558 e. The summed E-state index contributed by atoms with van der Waals surface area (Å²) < 4.78 is 5.32. The van der Waals surface area contributed by atoms with Crippen LogP contribution in [0.4, 0.5) is 0 Å². The number of ether oxygens (including phenoxy) is 1. The SMILES string of the molecule is CCNC(Cc1ccc(Cl)cc1)CC(C)OC. The number of hydrogen-bond acceptors (Lipinski definition) is 2. The molecule has 3 heteroatoms. The van der Waals surface area contributed by atoms with E-state index in [1.165, 1.54) is 5.56 Å². The normalized spacial score (nSPS) is 14.6. The van der Waals surface area contributed by atoms with Crippen LogP contribution >= 0.6 is 11.6 Å². The summed E-state index contributed by atoms with van der Waals surface area (Å²) in [6, 6.07) is 8.52. The first-order valence-electron chi connectivity index (χ1n) is 6.16. The van der Waals surface area contributed by atoms with Crippen LogP contribution < -0.4 is 5.32 Å². The van der Waals surface area contributed by atoms with Gasteiger partial charge in [-0.25, -0.2) is 0 Å². The van der Waals surface area contributed by atoms with Crippen LogP contribution in [-0.4, -0.2) is 25.8 Å². The Kier molecular flexibility index (Phi) is 6.56. The molecule has 2 atom stereocenters. The van der Waals surface area contributed by atoms with E-state index in [1.54, 1.807) is 7.11 Å². The van der Waals surface area contributed by atoms with Crippen LogP contribution in [0.5, 0.6) is 0 Å². The Morgan fingerprint density at radius 2 is 1.94 bits per heavy atom. The molecule has 0 spiro atoms. The first-order valence-corrected chi connectivity index (χ1v) is 6.54. The molecule has 0 amide bonds. The highest BCUT2D eigenvalue weighted by Gasteiger charge is 2.12. The molecule has 0 aliphatic heterocycles. The maximum atomic E-state index is 5.88. The molecule has 96 valence electrons. The molecule has 0 radical (unpaired) electrons. The second kappa shape index (κ2) is 7.70. The fraction of sp³-hybridized carbons (Fsp3) is 0.571. The first kappa shape index (κ1) is 14.5. The van der Waals surface area contributed by atoms with Gasteiger partial charge in [0, 0.05) is 18.2 Å². The van der Waals surface area contributed by atoms with Gasteiger partial charge in [-0.3, -0.25) is 0 Å². The molecule has 1 rings (SSSR count). The average Bonchev–Trinajstić information content (AvgIpc) is 2.32. The zero-order valence-electron chi connectivity index (χ0n) is 10.9. The summed E-state index contributed by atoms with van der Waals surface area (Å²) in [5, 5.41) is 4.29. The summed E-state index contributed by atoms with van der Waals surface area (Å²) in [4.78, 5) is 0. The predicted octanol–water partition coefficient (Wildman–Crippen LogP) is 3.29. The number of benzene rings is 1. The van der Waals surface area contributed by atoms with Crippen LogP contribution in [0.2, 0.25) is 5.02 Å². The molecule has 0 aliphatic rings. The number of rotatable bonds is 7. The summed E-state index contributed by atoms with van der Waals surface area (Å²) in [5.41, 5.74) is 1.31. The molecular formula is C14H22ClNO. The lowest BCUT2D eigenvalue weighted by atomic mass is 10.0. The smallest absolute Gasteiger partial charge is 0.0558 e. The Balaban J connectivity index is 2.56. The fourth-order valence-corrected chi connectivity index (χ4v) is 2.06. The van der Waals surface area contributed by atoms with Crippen LogP contribution in [0.3, 0.4) is 0 Å². The van der Waals surface area contributed by atoms with Crippen LogP contribution in [0.25, 0.3) is 0 Å². The van der Waals surface area contributed by atoms with Gasteiger partial charge in [0.1, 0.15) is 0 Å². The molecule has 17 heavy (non-hydrogen) atoms. The molecule has 1 aromatic carbocycles. The van der Waals surface area contributed by atoms with Crippen molar-refractivity contribution in [2.24, 2.45) is 0 Å². The predicted molar refractivity (Wildman–Crippen MR) is 73.7 cm³/mol. The van der Waals surface area contributed by atoms with Crippen molar-refractivity contribution < 1.29 is 4.74 Å². The Morgan fingerprint density at radius 3 is 2.47 bits per heavy atom. The fourth-order valence-electron chi connectivity index (χ4n) is 1.93. The summed E-state index contributed by atoms with van der Waals surface area (Å²) in [5.74, 6) is 0. The van der Waals surface area contributed by atoms with Gasteiger partial charge in [0.15, 0.2) is 0 Å². The van der Waals surface area contributed by atoms with Crippen molar-refractivity contribution in [3.63, 3.8) is 0 Å². The summed E-state index contributed by atoms with van der Waals surface area (Å²) in [6.07, 6.45) is 2.32. The van der Waals surface area contributed by atoms with Gasteiger partial charge >= 0.3 is 0 Å². The van der Waals surface area contributed by atoms with E-state index in [9.17, 15) is 0 Å². The number of halogens is 1. The third-order valence-corrected chi connectivity index (χ3v) is 3.16. The lowest BCUT2D eigenvalue weighted by molar-refractivity contribution is 0.101. The number of methoxy groups -OCH3 is 1. The van der Waals surface area contributed by atoms with Gasteiger partial charge in [-0.15, -0.1) is 0 Å². The molecule has 2 nitrogen and oxygen atoms in total. The van der Waals surface area contributed by atoms with Gasteiger partial charge in [0.2, 0.25) is 0 Å². The van der Waals surface area contributed by atoms with E-state index in [2.05, 4.69) is 31.3 Å². The van der Waals surface area contributed by atoms with Gasteiger partial charge in [-0.1, -0.05) is 30.7 Å². The second-order valence-corrected chi connectivity index (χ2v) is 4.80. The van der Waals surface area contributed by atoms with Crippen molar-refractivity contribution in [3.8, 4) is 0 Å². The highest BCUT2D eigenvalue weighted by molar-refractivity contribution is 6.30. The van der Waals surface area contributed by atoms with E-state index < -0.39 is 0 Å². The van der Waals surface area contributed by atoms with Crippen molar-refractivity contribution >= 4 is 11.6 Å². The van der Waals surface area contributed by atoms with Crippen molar-refractivity contribution in [3.05, 3.63) is 34.9 Å². The molecule has 0 saturated heterocycles. The minimum atomic E-state index is 0.284. The van der Waals surface area contributed by atoms with Crippen molar-refractivity contribution in [1.29, 1.82) is 0 Å². The summed E-state index contributed by atoms with van der Waals surface area (Å²) in [7, 11) is 1.76. The largest absolute Gasteiger partial charge is 0.382 e. The summed E-state index contributed by atoms with van der Waals surface area (Å²) >= 11 is 5.88. The van der Waals surface area contributed by atoms with Gasteiger partial charge in [0.25, 0.3) is 0 Å². The standard InChI is InChI=1S/C14H22ClNO/c1-4-16-14(9-11(2)17-3)10-12-5-7-13(15)8-6-12/h5-8,11,14,16H,4,9-10H2,1-3H3. The molecule has 0 aromatic heterocycles. The topological polar surface area (TPSA) is 21.3 Å². The van der Waals surface area contributed by atoms with Crippen LogP contribution in [0, 0.1) is 0 Å². The van der Waals surface area contributed by atoms with Crippen molar-refractivity contribution in [1.82, 2.24) is 5.32 Å². The van der Waals surface area contributed by atoms with E-state index >= 15 is 0 Å². The van der Waals surface area contributed by atoms with Crippen molar-refractivity contribution in [2.45, 2.75) is 38.8 Å². The Morgan fingerprint density at radius 1 is 1.29 bits per heavy atom. The number of nitrogens with one attached hydrogen (secondary N) is 1. The average molecular weight is 256 g/mol. The van der Waals surface area contributed by atoms with Crippen molar-refractivity contribution in [2.75, 3.05) is 13.7 Å². The number of likely N-dealkylation sites (N-methyl/N-ethyl adjacent to an activating group) is 1. The molecule has 0 saturated carbocycles. The zero-order valence-corrected chi connectivity index (χ0v) is 11.6. The van der Waals surface area contributed by atoms with Crippen LogP contribution in [0.15, 0.2) is 24.3 Å². The third-order valence-electron chi connectivity index (χ3n) is 2.91. The van der Waals surface area contributed by atoms with E-state index in [0.717, 1.165) is 24.4 Å². The molecule has 2 unspecified atom stereocenters. The minimum absolute atomic E-state index is 0.284. The number of hydrogen-bond donors (Lipinski definition) is 1. The van der Waals surface area contributed by atoms with Gasteiger partial charge in [-0.05, 0) is 44.0 Å². The summed E-state index contributed by atoms with van der Waals surface area (Å²) in [6.45, 7) is 5.22. The monoisotopic (exact) mass is 255 g/mol. The van der Waals surface area contributed by atoms with E-state index in [1.807, 2.05) is 12.1 Å². The minimum Gasteiger partial charge on any atom is -0.382 e. The Hall–Kier alpha value is -0.570. The molecular weight excluding hydrogens is 234 g/mol. The maximum absolute atomic E-state index is 5.88. The Bertz CT molecular complexity index is 313. The lowest BCUT2D eigenvalue weighted by Gasteiger charge is -2.21. The van der Waals surface area contributed by atoms with Gasteiger partial charge < -0.3 is 10.1 Å². The zero-order chi connectivity index (χ0) is 12.7. The third kappa shape index (κ3) is 5.53. The quantitative estimate of drug-likeness (QED) is 0.807. The molecule has 1 N–H and O–H groups in total. The molecule has 1 aromatic rings. The lowest BCUT2D eigenvalue weighted by Crippen LogP contribution is -2.34. The van der Waals surface area contributed by atoms with E-state index in [0.29, 0.717) is 6.04 Å². The van der Waals surface area contributed by atoms with E-state index in [4.69, 9.17) is 16.3 Å². The Labute approximate surface area is 109 Å². The molecule has 0 heterocycles. The first-order chi connectivity index (χ1) is 8.15. The molecule has 0 fully saturated rings. The highest BCUT2D eigenvalue weighted by Crippen LogP contribution is 2.13.